The van der Waals surface area contributed by atoms with Gasteiger partial charge in [0.1, 0.15) is 0 Å². The second-order valence-electron chi connectivity index (χ2n) is 5.54. The SMILES string of the molecule is NNC(Cc1cccc(Br)c1)C1Cc2ccccc2C1. The molecule has 0 saturated carbocycles. The summed E-state index contributed by atoms with van der Waals surface area (Å²) in [6, 6.07) is 17.5. The van der Waals surface area contributed by atoms with E-state index in [2.05, 4.69) is 69.9 Å². The Kier molecular flexibility index (Phi) is 4.20. The first-order valence-corrected chi connectivity index (χ1v) is 7.83. The van der Waals surface area contributed by atoms with Crippen LogP contribution in [0.25, 0.3) is 0 Å². The predicted octanol–water partition coefficient (Wildman–Crippen LogP) is 3.24. The highest BCUT2D eigenvalue weighted by molar-refractivity contribution is 9.10. The monoisotopic (exact) mass is 330 g/mol. The summed E-state index contributed by atoms with van der Waals surface area (Å²) in [5.74, 6) is 6.39. The molecule has 1 unspecified atom stereocenters. The summed E-state index contributed by atoms with van der Waals surface area (Å²) >= 11 is 3.53. The molecule has 3 rings (SSSR count). The van der Waals surface area contributed by atoms with Crippen molar-refractivity contribution in [3.05, 3.63) is 69.7 Å². The lowest BCUT2D eigenvalue weighted by molar-refractivity contribution is 0.367. The van der Waals surface area contributed by atoms with Crippen LogP contribution >= 0.6 is 15.9 Å². The maximum absolute atomic E-state index is 5.81. The number of nitrogens with two attached hydrogens (primary N) is 1. The van der Waals surface area contributed by atoms with Crippen LogP contribution < -0.4 is 11.3 Å². The number of hydrogen-bond donors (Lipinski definition) is 2. The number of hydrazine groups is 1. The lowest BCUT2D eigenvalue weighted by Crippen LogP contribution is -2.42. The van der Waals surface area contributed by atoms with Crippen LogP contribution in [-0.4, -0.2) is 6.04 Å². The van der Waals surface area contributed by atoms with Crippen LogP contribution in [0, 0.1) is 5.92 Å². The maximum atomic E-state index is 5.81. The highest BCUT2D eigenvalue weighted by Gasteiger charge is 2.27. The van der Waals surface area contributed by atoms with E-state index in [1.54, 1.807) is 0 Å². The van der Waals surface area contributed by atoms with E-state index >= 15 is 0 Å². The lowest BCUT2D eigenvalue weighted by Gasteiger charge is -2.22. The van der Waals surface area contributed by atoms with Crippen LogP contribution in [0.1, 0.15) is 16.7 Å². The van der Waals surface area contributed by atoms with Crippen molar-refractivity contribution in [3.63, 3.8) is 0 Å². The van der Waals surface area contributed by atoms with Gasteiger partial charge in [-0.2, -0.15) is 0 Å². The second kappa shape index (κ2) is 6.08. The van der Waals surface area contributed by atoms with Crippen molar-refractivity contribution >= 4 is 15.9 Å². The standard InChI is InChI=1S/C17H19BrN2/c18-16-7-3-4-12(8-16)9-17(20-19)15-10-13-5-1-2-6-14(13)11-15/h1-8,15,17,20H,9-11,19H2. The summed E-state index contributed by atoms with van der Waals surface area (Å²) in [5.41, 5.74) is 7.31. The largest absolute Gasteiger partial charge is 0.271 e. The number of nitrogens with one attached hydrogen (secondary N) is 1. The zero-order chi connectivity index (χ0) is 13.9. The summed E-state index contributed by atoms with van der Waals surface area (Å²) in [4.78, 5) is 0. The van der Waals surface area contributed by atoms with Gasteiger partial charge >= 0.3 is 0 Å². The van der Waals surface area contributed by atoms with Gasteiger partial charge in [-0.25, -0.2) is 0 Å². The molecule has 2 aromatic rings. The van der Waals surface area contributed by atoms with Crippen LogP contribution in [0.5, 0.6) is 0 Å². The highest BCUT2D eigenvalue weighted by atomic mass is 79.9. The Morgan fingerprint density at radius 3 is 2.40 bits per heavy atom. The Bertz CT molecular complexity index is 572. The van der Waals surface area contributed by atoms with E-state index in [-0.39, 0.29) is 0 Å². The summed E-state index contributed by atoms with van der Waals surface area (Å²) in [6.07, 6.45) is 3.21. The van der Waals surface area contributed by atoms with Crippen LogP contribution in [-0.2, 0) is 19.3 Å². The van der Waals surface area contributed by atoms with Gasteiger partial charge in [0.25, 0.3) is 0 Å². The summed E-state index contributed by atoms with van der Waals surface area (Å²) in [5, 5.41) is 0. The Hall–Kier alpha value is -1.16. The summed E-state index contributed by atoms with van der Waals surface area (Å²) in [7, 11) is 0. The Balaban J connectivity index is 1.72. The van der Waals surface area contributed by atoms with Gasteiger partial charge in [0.15, 0.2) is 0 Å². The van der Waals surface area contributed by atoms with E-state index in [0.717, 1.165) is 23.7 Å². The minimum absolute atomic E-state index is 0.316. The molecule has 0 saturated heterocycles. The van der Waals surface area contributed by atoms with Gasteiger partial charge in [0.05, 0.1) is 0 Å². The van der Waals surface area contributed by atoms with E-state index in [1.807, 2.05) is 0 Å². The highest BCUT2D eigenvalue weighted by Crippen LogP contribution is 2.29. The quantitative estimate of drug-likeness (QED) is 0.667. The Labute approximate surface area is 128 Å². The van der Waals surface area contributed by atoms with Crippen molar-refractivity contribution < 1.29 is 0 Å². The zero-order valence-electron chi connectivity index (χ0n) is 11.4. The maximum Gasteiger partial charge on any atom is 0.0285 e. The Morgan fingerprint density at radius 1 is 1.10 bits per heavy atom. The molecule has 0 bridgehead atoms. The fourth-order valence-electron chi connectivity index (χ4n) is 3.16. The normalized spacial score (nSPS) is 16.1. The smallest absolute Gasteiger partial charge is 0.0285 e. The molecule has 0 heterocycles. The molecule has 0 amide bonds. The summed E-state index contributed by atoms with van der Waals surface area (Å²) < 4.78 is 1.13. The van der Waals surface area contributed by atoms with E-state index in [4.69, 9.17) is 5.84 Å². The van der Waals surface area contributed by atoms with Crippen LogP contribution in [0.3, 0.4) is 0 Å². The molecular formula is C17H19BrN2. The van der Waals surface area contributed by atoms with E-state index in [9.17, 15) is 0 Å². The molecule has 3 heteroatoms. The molecule has 1 aliphatic rings. The van der Waals surface area contributed by atoms with Crippen molar-refractivity contribution in [1.82, 2.24) is 5.43 Å². The second-order valence-corrected chi connectivity index (χ2v) is 6.46. The number of benzene rings is 2. The van der Waals surface area contributed by atoms with Crippen molar-refractivity contribution in [2.75, 3.05) is 0 Å². The molecule has 0 radical (unpaired) electrons. The molecule has 0 spiro atoms. The third-order valence-corrected chi connectivity index (χ3v) is 4.70. The average molecular weight is 331 g/mol. The molecule has 2 nitrogen and oxygen atoms in total. The molecule has 0 aromatic heterocycles. The average Bonchev–Trinajstić information content (AvgIpc) is 2.88. The van der Waals surface area contributed by atoms with Crippen molar-refractivity contribution in [2.24, 2.45) is 11.8 Å². The molecule has 104 valence electrons. The lowest BCUT2D eigenvalue weighted by atomic mass is 9.91. The first kappa shape index (κ1) is 13.8. The van der Waals surface area contributed by atoms with E-state index in [1.165, 1.54) is 16.7 Å². The predicted molar refractivity (Wildman–Crippen MR) is 86.3 cm³/mol. The molecule has 2 aromatic carbocycles. The van der Waals surface area contributed by atoms with Crippen LogP contribution in [0.4, 0.5) is 0 Å². The Morgan fingerprint density at radius 2 is 1.80 bits per heavy atom. The van der Waals surface area contributed by atoms with Crippen molar-refractivity contribution in [1.29, 1.82) is 0 Å². The van der Waals surface area contributed by atoms with Crippen molar-refractivity contribution in [3.8, 4) is 0 Å². The van der Waals surface area contributed by atoms with Crippen molar-refractivity contribution in [2.45, 2.75) is 25.3 Å². The van der Waals surface area contributed by atoms with E-state index < -0.39 is 0 Å². The van der Waals surface area contributed by atoms with Gasteiger partial charge in [-0.3, -0.25) is 11.3 Å². The third kappa shape index (κ3) is 2.95. The zero-order valence-corrected chi connectivity index (χ0v) is 12.9. The third-order valence-electron chi connectivity index (χ3n) is 4.21. The number of rotatable bonds is 4. The van der Waals surface area contributed by atoms with E-state index in [0.29, 0.717) is 12.0 Å². The number of halogens is 1. The van der Waals surface area contributed by atoms with Crippen LogP contribution in [0.2, 0.25) is 0 Å². The number of fused-ring (bicyclic) bond motifs is 1. The molecular weight excluding hydrogens is 312 g/mol. The molecule has 0 fully saturated rings. The fourth-order valence-corrected chi connectivity index (χ4v) is 3.60. The molecule has 3 N–H and O–H groups in total. The summed E-state index contributed by atoms with van der Waals surface area (Å²) in [6.45, 7) is 0. The topological polar surface area (TPSA) is 38.0 Å². The van der Waals surface area contributed by atoms with Gasteiger partial charge < -0.3 is 0 Å². The van der Waals surface area contributed by atoms with Gasteiger partial charge in [-0.05, 0) is 54.0 Å². The molecule has 20 heavy (non-hydrogen) atoms. The minimum Gasteiger partial charge on any atom is -0.271 e. The minimum atomic E-state index is 0.316. The van der Waals surface area contributed by atoms with Gasteiger partial charge in [0.2, 0.25) is 0 Å². The van der Waals surface area contributed by atoms with Gasteiger partial charge in [-0.1, -0.05) is 52.3 Å². The number of hydrogen-bond acceptors (Lipinski definition) is 2. The first-order valence-electron chi connectivity index (χ1n) is 7.03. The first-order chi connectivity index (χ1) is 9.76. The molecule has 1 atom stereocenters. The van der Waals surface area contributed by atoms with Gasteiger partial charge in [-0.15, -0.1) is 0 Å². The molecule has 0 aliphatic heterocycles. The fraction of sp³-hybridized carbons (Fsp3) is 0.294. The molecule has 1 aliphatic carbocycles. The van der Waals surface area contributed by atoms with Crippen LogP contribution in [0.15, 0.2) is 53.0 Å². The van der Waals surface area contributed by atoms with Gasteiger partial charge in [0, 0.05) is 10.5 Å².